The third kappa shape index (κ3) is 6.32. The molecule has 1 aromatic heterocycles. The monoisotopic (exact) mass is 442 g/mol. The van der Waals surface area contributed by atoms with Crippen molar-refractivity contribution in [2.24, 2.45) is 5.41 Å². The van der Waals surface area contributed by atoms with E-state index >= 15 is 0 Å². The van der Waals surface area contributed by atoms with Crippen LogP contribution in [0.4, 0.5) is 5.00 Å². The van der Waals surface area contributed by atoms with E-state index in [1.165, 1.54) is 0 Å². The van der Waals surface area contributed by atoms with Crippen molar-refractivity contribution >= 4 is 49.8 Å². The molecule has 2 aromatic rings. The highest BCUT2D eigenvalue weighted by molar-refractivity contribution is 7.90. The molecule has 0 aliphatic rings. The summed E-state index contributed by atoms with van der Waals surface area (Å²) in [6.45, 7) is 7.48. The van der Waals surface area contributed by atoms with Crippen LogP contribution in [-0.2, 0) is 10.0 Å². The Morgan fingerprint density at radius 2 is 1.79 bits per heavy atom. The van der Waals surface area contributed by atoms with Crippen molar-refractivity contribution < 1.29 is 18.0 Å². The maximum Gasteiger partial charge on any atom is 0.275 e. The average molecular weight is 443 g/mol. The van der Waals surface area contributed by atoms with E-state index in [2.05, 4.69) is 10.0 Å². The summed E-state index contributed by atoms with van der Waals surface area (Å²) in [6, 6.07) is 8.24. The number of halogens is 1. The lowest BCUT2D eigenvalue weighted by molar-refractivity contribution is 0.0982. The summed E-state index contributed by atoms with van der Waals surface area (Å²) in [4.78, 5) is 25.0. The van der Waals surface area contributed by atoms with Crippen LogP contribution in [0.2, 0.25) is 5.02 Å². The van der Waals surface area contributed by atoms with Crippen LogP contribution in [0.1, 0.15) is 52.8 Å². The molecule has 0 bridgehead atoms. The zero-order chi connectivity index (χ0) is 21.1. The van der Waals surface area contributed by atoms with Crippen LogP contribution in [0.15, 0.2) is 30.3 Å². The highest BCUT2D eigenvalue weighted by Gasteiger charge is 2.23. The fraction of sp³-hybridized carbons (Fsp3) is 0.368. The van der Waals surface area contributed by atoms with E-state index in [1.54, 1.807) is 37.3 Å². The van der Waals surface area contributed by atoms with Gasteiger partial charge in [-0.1, -0.05) is 44.5 Å². The normalized spacial score (nSPS) is 11.9. The van der Waals surface area contributed by atoms with Gasteiger partial charge in [0, 0.05) is 0 Å². The third-order valence-electron chi connectivity index (χ3n) is 3.85. The van der Waals surface area contributed by atoms with Gasteiger partial charge in [-0.2, -0.15) is 0 Å². The zero-order valence-electron chi connectivity index (χ0n) is 16.1. The average Bonchev–Trinajstić information content (AvgIpc) is 2.93. The third-order valence-corrected chi connectivity index (χ3v) is 6.57. The number of anilines is 1. The number of carbonyl (C=O) groups excluding carboxylic acids is 2. The molecule has 0 radical (unpaired) electrons. The van der Waals surface area contributed by atoms with Gasteiger partial charge in [0.05, 0.1) is 26.2 Å². The second kappa shape index (κ2) is 8.63. The van der Waals surface area contributed by atoms with Crippen molar-refractivity contribution in [1.29, 1.82) is 0 Å². The number of rotatable bonds is 6. The number of amides is 2. The van der Waals surface area contributed by atoms with E-state index in [0.717, 1.165) is 11.3 Å². The smallest absolute Gasteiger partial charge is 0.275 e. The molecular formula is C19H23ClN2O4S2. The van der Waals surface area contributed by atoms with Crippen molar-refractivity contribution in [3.8, 4) is 0 Å². The molecule has 6 nitrogen and oxygen atoms in total. The Morgan fingerprint density at radius 1 is 1.14 bits per heavy atom. The number of sulfonamides is 1. The van der Waals surface area contributed by atoms with Crippen LogP contribution in [0.3, 0.4) is 0 Å². The molecule has 0 atom stereocenters. The Morgan fingerprint density at radius 3 is 2.39 bits per heavy atom. The Hall–Kier alpha value is -1.90. The minimum Gasteiger partial charge on any atom is -0.313 e. The summed E-state index contributed by atoms with van der Waals surface area (Å²) < 4.78 is 26.4. The number of aryl methyl sites for hydroxylation is 1. The van der Waals surface area contributed by atoms with Crippen molar-refractivity contribution in [2.45, 2.75) is 34.1 Å². The summed E-state index contributed by atoms with van der Waals surface area (Å²) >= 11 is 7.03. The van der Waals surface area contributed by atoms with Gasteiger partial charge in [0.2, 0.25) is 10.0 Å². The molecule has 0 aliphatic heterocycles. The molecule has 0 aliphatic carbocycles. The molecule has 9 heteroatoms. The Labute approximate surface area is 174 Å². The van der Waals surface area contributed by atoms with Crippen LogP contribution in [0.25, 0.3) is 0 Å². The van der Waals surface area contributed by atoms with Gasteiger partial charge >= 0.3 is 0 Å². The Kier molecular flexibility index (Phi) is 6.90. The molecule has 152 valence electrons. The molecule has 0 fully saturated rings. The van der Waals surface area contributed by atoms with E-state index in [9.17, 15) is 18.0 Å². The van der Waals surface area contributed by atoms with Gasteiger partial charge < -0.3 is 5.32 Å². The van der Waals surface area contributed by atoms with Gasteiger partial charge in [-0.3, -0.25) is 9.59 Å². The molecule has 0 unspecified atom stereocenters. The highest BCUT2D eigenvalue weighted by atomic mass is 35.5. The number of hydrogen-bond acceptors (Lipinski definition) is 5. The lowest BCUT2D eigenvalue weighted by atomic mass is 9.94. The summed E-state index contributed by atoms with van der Waals surface area (Å²) in [5.74, 6) is -1.24. The van der Waals surface area contributed by atoms with Crippen LogP contribution in [0, 0.1) is 12.3 Å². The molecule has 1 aromatic carbocycles. The number of hydrogen-bond donors (Lipinski definition) is 2. The summed E-state index contributed by atoms with van der Waals surface area (Å²) in [5, 5.41) is 3.43. The molecule has 0 saturated carbocycles. The number of thiophene rings is 1. The standard InChI is InChI=1S/C19H23ClN2O4S2/c1-12-11-15(21-17(23)13-7-5-6-8-14(13)20)27-16(12)18(24)22-28(25,26)10-9-19(2,3)4/h5-8,11H,9-10H2,1-4H3,(H,21,23)(H,22,24). The van der Waals surface area contributed by atoms with Crippen molar-refractivity contribution in [1.82, 2.24) is 4.72 Å². The summed E-state index contributed by atoms with van der Waals surface area (Å²) in [5.41, 5.74) is 0.723. The van der Waals surface area contributed by atoms with Crippen LogP contribution >= 0.6 is 22.9 Å². The predicted octanol–water partition coefficient (Wildman–Crippen LogP) is 4.46. The quantitative estimate of drug-likeness (QED) is 0.690. The fourth-order valence-electron chi connectivity index (χ4n) is 2.27. The minimum absolute atomic E-state index is 0.136. The highest BCUT2D eigenvalue weighted by Crippen LogP contribution is 2.28. The zero-order valence-corrected chi connectivity index (χ0v) is 18.5. The lowest BCUT2D eigenvalue weighted by Gasteiger charge is -2.17. The van der Waals surface area contributed by atoms with Crippen LogP contribution in [0.5, 0.6) is 0 Å². The SMILES string of the molecule is Cc1cc(NC(=O)c2ccccc2Cl)sc1C(=O)NS(=O)(=O)CCC(C)(C)C. The number of nitrogens with one attached hydrogen (secondary N) is 2. The minimum atomic E-state index is -3.74. The van der Waals surface area contributed by atoms with Gasteiger partial charge in [-0.15, -0.1) is 11.3 Å². The Bertz CT molecular complexity index is 992. The molecule has 2 rings (SSSR count). The largest absolute Gasteiger partial charge is 0.313 e. The maximum absolute atomic E-state index is 12.4. The van der Waals surface area contributed by atoms with Gasteiger partial charge in [-0.25, -0.2) is 13.1 Å². The summed E-state index contributed by atoms with van der Waals surface area (Å²) in [7, 11) is -3.74. The van der Waals surface area contributed by atoms with Crippen molar-refractivity contribution in [3.05, 3.63) is 51.4 Å². The Balaban J connectivity index is 2.10. The van der Waals surface area contributed by atoms with Crippen LogP contribution in [-0.4, -0.2) is 26.0 Å². The number of benzene rings is 1. The number of carbonyl (C=O) groups is 2. The lowest BCUT2D eigenvalue weighted by Crippen LogP contribution is -2.33. The first-order valence-corrected chi connectivity index (χ1v) is 11.4. The van der Waals surface area contributed by atoms with Crippen molar-refractivity contribution in [2.75, 3.05) is 11.1 Å². The molecule has 1 heterocycles. The maximum atomic E-state index is 12.4. The van der Waals surface area contributed by atoms with Gasteiger partial charge in [-0.05, 0) is 42.5 Å². The molecule has 0 spiro atoms. The molecule has 2 amide bonds. The van der Waals surface area contributed by atoms with E-state index in [1.807, 2.05) is 20.8 Å². The van der Waals surface area contributed by atoms with Crippen LogP contribution < -0.4 is 10.0 Å². The van der Waals surface area contributed by atoms with E-state index in [0.29, 0.717) is 27.6 Å². The fourth-order valence-corrected chi connectivity index (χ4v) is 4.89. The molecule has 28 heavy (non-hydrogen) atoms. The van der Waals surface area contributed by atoms with Gasteiger partial charge in [0.1, 0.15) is 0 Å². The topological polar surface area (TPSA) is 92.3 Å². The second-order valence-corrected chi connectivity index (χ2v) is 10.9. The first kappa shape index (κ1) is 22.4. The molecule has 0 saturated heterocycles. The van der Waals surface area contributed by atoms with E-state index < -0.39 is 21.8 Å². The van der Waals surface area contributed by atoms with Crippen molar-refractivity contribution in [3.63, 3.8) is 0 Å². The van der Waals surface area contributed by atoms with Gasteiger partial charge in [0.25, 0.3) is 11.8 Å². The summed E-state index contributed by atoms with van der Waals surface area (Å²) in [6.07, 6.45) is 0.429. The molecule has 2 N–H and O–H groups in total. The van der Waals surface area contributed by atoms with E-state index in [-0.39, 0.29) is 16.0 Å². The first-order chi connectivity index (χ1) is 12.9. The molecular weight excluding hydrogens is 420 g/mol. The predicted molar refractivity (Wildman–Crippen MR) is 114 cm³/mol. The second-order valence-electron chi connectivity index (χ2n) is 7.62. The van der Waals surface area contributed by atoms with Gasteiger partial charge in [0.15, 0.2) is 0 Å². The van der Waals surface area contributed by atoms with E-state index in [4.69, 9.17) is 11.6 Å². The first-order valence-electron chi connectivity index (χ1n) is 8.59.